The maximum atomic E-state index is 10.8. The van der Waals surface area contributed by atoms with E-state index in [1.165, 1.54) is 7.11 Å². The molecule has 0 aliphatic rings. The first kappa shape index (κ1) is 13.3. The number of hydrogen-bond donors (Lipinski definition) is 1. The van der Waals surface area contributed by atoms with Crippen molar-refractivity contribution in [1.82, 2.24) is 0 Å². The highest BCUT2D eigenvalue weighted by atomic mass is 16.5. The maximum absolute atomic E-state index is 10.8. The first-order chi connectivity index (χ1) is 8.12. The molecular weight excluding hydrogens is 224 g/mol. The van der Waals surface area contributed by atoms with Crippen LogP contribution < -0.4 is 9.47 Å². The number of benzene rings is 1. The van der Waals surface area contributed by atoms with E-state index in [1.54, 1.807) is 26.4 Å². The van der Waals surface area contributed by atoms with Crippen LogP contribution in [-0.2, 0) is 22.6 Å². The number of aliphatic carboxylic acids is 1. The number of methoxy groups -OCH3 is 3. The lowest BCUT2D eigenvalue weighted by molar-refractivity contribution is -0.136. The van der Waals surface area contributed by atoms with Gasteiger partial charge >= 0.3 is 5.97 Å². The van der Waals surface area contributed by atoms with Crippen molar-refractivity contribution < 1.29 is 24.1 Å². The Hall–Kier alpha value is -1.75. The zero-order chi connectivity index (χ0) is 12.8. The molecule has 0 atom stereocenters. The summed E-state index contributed by atoms with van der Waals surface area (Å²) in [6.07, 6.45) is -0.105. The topological polar surface area (TPSA) is 65.0 Å². The van der Waals surface area contributed by atoms with E-state index in [4.69, 9.17) is 19.3 Å². The van der Waals surface area contributed by atoms with Crippen molar-refractivity contribution in [3.05, 3.63) is 23.3 Å². The van der Waals surface area contributed by atoms with Gasteiger partial charge in [0.05, 0.1) is 27.2 Å². The summed E-state index contributed by atoms with van der Waals surface area (Å²) in [5, 5.41) is 8.88. The molecule has 0 aliphatic heterocycles. The molecule has 1 rings (SSSR count). The summed E-state index contributed by atoms with van der Waals surface area (Å²) in [5.74, 6) is 0.202. The van der Waals surface area contributed by atoms with Gasteiger partial charge in [0.15, 0.2) is 0 Å². The molecule has 17 heavy (non-hydrogen) atoms. The Morgan fingerprint density at radius 1 is 1.24 bits per heavy atom. The van der Waals surface area contributed by atoms with Crippen LogP contribution in [0.15, 0.2) is 12.1 Å². The minimum absolute atomic E-state index is 0.105. The Bertz CT molecular complexity index is 400. The molecule has 0 heterocycles. The standard InChI is InChI=1S/C12H16O5/c1-15-7-8-4-9(16-2)5-11(17-3)10(8)6-12(13)14/h4-5H,6-7H2,1-3H3,(H,13,14). The second-order valence-corrected chi connectivity index (χ2v) is 3.47. The fourth-order valence-corrected chi connectivity index (χ4v) is 1.61. The largest absolute Gasteiger partial charge is 0.497 e. The summed E-state index contributed by atoms with van der Waals surface area (Å²) >= 11 is 0. The molecule has 0 radical (unpaired) electrons. The summed E-state index contributed by atoms with van der Waals surface area (Å²) in [6.45, 7) is 0.316. The van der Waals surface area contributed by atoms with Crippen molar-refractivity contribution in [2.24, 2.45) is 0 Å². The molecule has 0 aromatic heterocycles. The molecule has 1 N–H and O–H groups in total. The Balaban J connectivity index is 3.24. The summed E-state index contributed by atoms with van der Waals surface area (Å²) in [5.41, 5.74) is 1.37. The predicted octanol–water partition coefficient (Wildman–Crippen LogP) is 1.48. The van der Waals surface area contributed by atoms with Gasteiger partial charge in [-0.05, 0) is 11.6 Å². The fraction of sp³-hybridized carbons (Fsp3) is 0.417. The normalized spacial score (nSPS) is 10.1. The second kappa shape index (κ2) is 6.10. The third-order valence-electron chi connectivity index (χ3n) is 2.36. The zero-order valence-electron chi connectivity index (χ0n) is 10.1. The first-order valence-electron chi connectivity index (χ1n) is 5.06. The van der Waals surface area contributed by atoms with Crippen molar-refractivity contribution in [3.8, 4) is 11.5 Å². The molecule has 1 aromatic rings. The Kier molecular flexibility index (Phi) is 4.78. The van der Waals surface area contributed by atoms with Gasteiger partial charge < -0.3 is 19.3 Å². The molecule has 0 aliphatic carbocycles. The van der Waals surface area contributed by atoms with Crippen LogP contribution in [0.2, 0.25) is 0 Å². The van der Waals surface area contributed by atoms with Crippen molar-refractivity contribution >= 4 is 5.97 Å². The van der Waals surface area contributed by atoms with Crippen molar-refractivity contribution in [2.75, 3.05) is 21.3 Å². The van der Waals surface area contributed by atoms with E-state index in [0.717, 1.165) is 5.56 Å². The first-order valence-corrected chi connectivity index (χ1v) is 5.06. The van der Waals surface area contributed by atoms with Crippen LogP contribution >= 0.6 is 0 Å². The molecule has 5 heteroatoms. The number of ether oxygens (including phenoxy) is 3. The molecule has 0 bridgehead atoms. The van der Waals surface area contributed by atoms with E-state index in [9.17, 15) is 4.79 Å². The highest BCUT2D eigenvalue weighted by Gasteiger charge is 2.15. The lowest BCUT2D eigenvalue weighted by atomic mass is 10.0. The average Bonchev–Trinajstić information content (AvgIpc) is 2.30. The molecule has 94 valence electrons. The molecule has 0 saturated heterocycles. The molecule has 0 spiro atoms. The van der Waals surface area contributed by atoms with Gasteiger partial charge in [-0.1, -0.05) is 0 Å². The van der Waals surface area contributed by atoms with Crippen LogP contribution in [0.5, 0.6) is 11.5 Å². The van der Waals surface area contributed by atoms with Crippen LogP contribution in [-0.4, -0.2) is 32.4 Å². The van der Waals surface area contributed by atoms with Crippen molar-refractivity contribution in [1.29, 1.82) is 0 Å². The van der Waals surface area contributed by atoms with E-state index < -0.39 is 5.97 Å². The summed E-state index contributed by atoms with van der Waals surface area (Å²) in [4.78, 5) is 10.8. The third-order valence-corrected chi connectivity index (χ3v) is 2.36. The van der Waals surface area contributed by atoms with Gasteiger partial charge in [-0.2, -0.15) is 0 Å². The van der Waals surface area contributed by atoms with Gasteiger partial charge in [0.1, 0.15) is 11.5 Å². The van der Waals surface area contributed by atoms with E-state index >= 15 is 0 Å². The van der Waals surface area contributed by atoms with Gasteiger partial charge in [0, 0.05) is 18.7 Å². The molecule has 0 amide bonds. The number of carboxylic acids is 1. The molecule has 0 fully saturated rings. The zero-order valence-corrected chi connectivity index (χ0v) is 10.1. The highest BCUT2D eigenvalue weighted by molar-refractivity contribution is 5.72. The van der Waals surface area contributed by atoms with Crippen molar-refractivity contribution in [3.63, 3.8) is 0 Å². The van der Waals surface area contributed by atoms with Gasteiger partial charge in [-0.25, -0.2) is 0 Å². The predicted molar refractivity (Wildman–Crippen MR) is 61.6 cm³/mol. The quantitative estimate of drug-likeness (QED) is 0.815. The van der Waals surface area contributed by atoms with Gasteiger partial charge in [-0.15, -0.1) is 0 Å². The number of hydrogen-bond acceptors (Lipinski definition) is 4. The molecule has 0 saturated carbocycles. The minimum Gasteiger partial charge on any atom is -0.497 e. The SMILES string of the molecule is COCc1cc(OC)cc(OC)c1CC(=O)O. The van der Waals surface area contributed by atoms with E-state index in [-0.39, 0.29) is 6.42 Å². The average molecular weight is 240 g/mol. The lowest BCUT2D eigenvalue weighted by Crippen LogP contribution is -2.07. The van der Waals surface area contributed by atoms with Crippen molar-refractivity contribution in [2.45, 2.75) is 13.0 Å². The van der Waals surface area contributed by atoms with Gasteiger partial charge in [-0.3, -0.25) is 4.79 Å². The van der Waals surface area contributed by atoms with Crippen LogP contribution in [0.1, 0.15) is 11.1 Å². The minimum atomic E-state index is -0.911. The fourth-order valence-electron chi connectivity index (χ4n) is 1.61. The van der Waals surface area contributed by atoms with Crippen LogP contribution in [0, 0.1) is 0 Å². The van der Waals surface area contributed by atoms with E-state index in [2.05, 4.69) is 0 Å². The van der Waals surface area contributed by atoms with Gasteiger partial charge in [0.2, 0.25) is 0 Å². The Morgan fingerprint density at radius 3 is 2.41 bits per heavy atom. The van der Waals surface area contributed by atoms with E-state index in [0.29, 0.717) is 23.7 Å². The number of carbonyl (C=O) groups is 1. The highest BCUT2D eigenvalue weighted by Crippen LogP contribution is 2.29. The maximum Gasteiger partial charge on any atom is 0.307 e. The monoisotopic (exact) mass is 240 g/mol. The van der Waals surface area contributed by atoms with Gasteiger partial charge in [0.25, 0.3) is 0 Å². The Labute approximate surface area is 99.9 Å². The molecule has 0 unspecified atom stereocenters. The number of rotatable bonds is 6. The lowest BCUT2D eigenvalue weighted by Gasteiger charge is -2.14. The molecule has 1 aromatic carbocycles. The second-order valence-electron chi connectivity index (χ2n) is 3.47. The summed E-state index contributed by atoms with van der Waals surface area (Å²) < 4.78 is 15.3. The summed E-state index contributed by atoms with van der Waals surface area (Å²) in [6, 6.07) is 3.42. The smallest absolute Gasteiger partial charge is 0.307 e. The summed E-state index contributed by atoms with van der Waals surface area (Å²) in [7, 11) is 4.59. The third kappa shape index (κ3) is 3.35. The Morgan fingerprint density at radius 2 is 1.94 bits per heavy atom. The number of carboxylic acid groups (broad SMARTS) is 1. The van der Waals surface area contributed by atoms with E-state index in [1.807, 2.05) is 0 Å². The molecule has 5 nitrogen and oxygen atoms in total. The molecular formula is C12H16O5. The van der Waals surface area contributed by atoms with Crippen LogP contribution in [0.4, 0.5) is 0 Å². The van der Waals surface area contributed by atoms with Crippen LogP contribution in [0.25, 0.3) is 0 Å². The van der Waals surface area contributed by atoms with Crippen LogP contribution in [0.3, 0.4) is 0 Å².